The molecule has 1 aliphatic heterocycles. The summed E-state index contributed by atoms with van der Waals surface area (Å²) in [5.74, 6) is 1.30. The average molecular weight is 265 g/mol. The van der Waals surface area contributed by atoms with Crippen LogP contribution in [-0.2, 0) is 0 Å². The number of aliphatic hydroxyl groups is 1. The number of thiazole rings is 1. The first-order valence-corrected chi connectivity index (χ1v) is 6.98. The Labute approximate surface area is 109 Å². The smallest absolute Gasteiger partial charge is 0.196 e. The maximum absolute atomic E-state index is 11.2. The molecular weight excluding hydrogens is 250 g/mol. The molecule has 96 valence electrons. The first kappa shape index (κ1) is 11.7. The molecule has 1 saturated heterocycles. The number of fused-ring (bicyclic) bond motifs is 1. The lowest BCUT2D eigenvalue weighted by Crippen LogP contribution is -2.21. The summed E-state index contributed by atoms with van der Waals surface area (Å²) in [6.07, 6.45) is 4.64. The third kappa shape index (κ3) is 1.81. The lowest BCUT2D eigenvalue weighted by Gasteiger charge is -2.16. The van der Waals surface area contributed by atoms with Crippen LogP contribution in [0.3, 0.4) is 0 Å². The molecule has 3 rings (SSSR count). The zero-order valence-electron chi connectivity index (χ0n) is 9.95. The summed E-state index contributed by atoms with van der Waals surface area (Å²) < 4.78 is 1.84. The molecule has 0 spiro atoms. The van der Waals surface area contributed by atoms with E-state index in [9.17, 15) is 4.79 Å². The lowest BCUT2D eigenvalue weighted by atomic mass is 10.1. The van der Waals surface area contributed by atoms with Crippen molar-refractivity contribution in [2.45, 2.75) is 12.8 Å². The van der Waals surface area contributed by atoms with Gasteiger partial charge in [-0.2, -0.15) is 0 Å². The molecule has 0 bridgehead atoms. The topological polar surface area (TPSA) is 57.8 Å². The first-order valence-electron chi connectivity index (χ1n) is 6.10. The highest BCUT2D eigenvalue weighted by molar-refractivity contribution is 7.15. The predicted molar refractivity (Wildman–Crippen MR) is 70.5 cm³/mol. The largest absolute Gasteiger partial charge is 0.396 e. The van der Waals surface area contributed by atoms with E-state index < -0.39 is 0 Å². The Morgan fingerprint density at radius 1 is 1.61 bits per heavy atom. The molecule has 1 aliphatic rings. The summed E-state index contributed by atoms with van der Waals surface area (Å²) in [6.45, 7) is 2.03. The monoisotopic (exact) mass is 265 g/mol. The molecule has 1 atom stereocenters. The van der Waals surface area contributed by atoms with Crippen molar-refractivity contribution in [3.05, 3.63) is 17.3 Å². The maximum atomic E-state index is 11.2. The molecule has 0 aliphatic carbocycles. The van der Waals surface area contributed by atoms with E-state index in [-0.39, 0.29) is 6.61 Å². The van der Waals surface area contributed by atoms with Crippen LogP contribution in [-0.4, -0.2) is 40.5 Å². The highest BCUT2D eigenvalue weighted by Crippen LogP contribution is 2.29. The molecule has 6 heteroatoms. The molecular formula is C12H15N3O2S. The number of aromatic nitrogens is 2. The highest BCUT2D eigenvalue weighted by Gasteiger charge is 2.26. The average Bonchev–Trinajstić information content (AvgIpc) is 3.01. The Balaban J connectivity index is 1.90. The fourth-order valence-electron chi connectivity index (χ4n) is 2.58. The van der Waals surface area contributed by atoms with Crippen molar-refractivity contribution in [1.29, 1.82) is 0 Å². The van der Waals surface area contributed by atoms with E-state index in [0.29, 0.717) is 11.6 Å². The minimum Gasteiger partial charge on any atom is -0.396 e. The van der Waals surface area contributed by atoms with E-state index in [1.165, 1.54) is 11.3 Å². The van der Waals surface area contributed by atoms with Crippen LogP contribution in [0.25, 0.3) is 4.96 Å². The number of imidazole rings is 1. The maximum Gasteiger partial charge on any atom is 0.196 e. The lowest BCUT2D eigenvalue weighted by molar-refractivity contribution is 0.111. The van der Waals surface area contributed by atoms with Crippen molar-refractivity contribution in [1.82, 2.24) is 9.38 Å². The minimum absolute atomic E-state index is 0.233. The van der Waals surface area contributed by atoms with Gasteiger partial charge in [-0.25, -0.2) is 4.98 Å². The third-order valence-electron chi connectivity index (χ3n) is 3.51. The summed E-state index contributed by atoms with van der Waals surface area (Å²) in [7, 11) is 0. The number of hydrogen-bond donors (Lipinski definition) is 1. The quantitative estimate of drug-likeness (QED) is 0.849. The summed E-state index contributed by atoms with van der Waals surface area (Å²) in [6, 6.07) is 0. The van der Waals surface area contributed by atoms with Gasteiger partial charge in [0, 0.05) is 31.3 Å². The van der Waals surface area contributed by atoms with Crippen molar-refractivity contribution in [3.8, 4) is 0 Å². The molecule has 1 unspecified atom stereocenters. The molecule has 0 amide bonds. The molecule has 3 heterocycles. The van der Waals surface area contributed by atoms with Gasteiger partial charge < -0.3 is 10.0 Å². The van der Waals surface area contributed by atoms with E-state index in [1.807, 2.05) is 16.0 Å². The number of aldehydes is 1. The van der Waals surface area contributed by atoms with Gasteiger partial charge in [-0.1, -0.05) is 0 Å². The van der Waals surface area contributed by atoms with Crippen LogP contribution in [0.4, 0.5) is 5.82 Å². The Morgan fingerprint density at radius 3 is 3.28 bits per heavy atom. The molecule has 1 fully saturated rings. The van der Waals surface area contributed by atoms with Crippen molar-refractivity contribution in [2.24, 2.45) is 5.92 Å². The van der Waals surface area contributed by atoms with Gasteiger partial charge in [0.05, 0.1) is 0 Å². The zero-order chi connectivity index (χ0) is 12.5. The summed E-state index contributed by atoms with van der Waals surface area (Å²) in [4.78, 5) is 18.8. The van der Waals surface area contributed by atoms with Gasteiger partial charge >= 0.3 is 0 Å². The minimum atomic E-state index is 0.233. The van der Waals surface area contributed by atoms with Gasteiger partial charge in [0.1, 0.15) is 5.69 Å². The highest BCUT2D eigenvalue weighted by atomic mass is 32.1. The van der Waals surface area contributed by atoms with E-state index in [2.05, 4.69) is 9.88 Å². The summed E-state index contributed by atoms with van der Waals surface area (Å²) >= 11 is 1.53. The number of hydrogen-bond acceptors (Lipinski definition) is 5. The SMILES string of the molecule is O=Cc1c(N2CCC(CCO)C2)nc2sccn12. The van der Waals surface area contributed by atoms with Crippen molar-refractivity contribution < 1.29 is 9.90 Å². The number of rotatable bonds is 4. The van der Waals surface area contributed by atoms with Crippen molar-refractivity contribution >= 4 is 28.4 Å². The first-order chi connectivity index (χ1) is 8.83. The van der Waals surface area contributed by atoms with Gasteiger partial charge in [-0.15, -0.1) is 11.3 Å². The summed E-state index contributed by atoms with van der Waals surface area (Å²) in [5, 5.41) is 10.9. The van der Waals surface area contributed by atoms with E-state index in [0.717, 1.165) is 43.0 Å². The van der Waals surface area contributed by atoms with Gasteiger partial charge in [0.2, 0.25) is 0 Å². The van der Waals surface area contributed by atoms with Crippen LogP contribution in [0.5, 0.6) is 0 Å². The fourth-order valence-corrected chi connectivity index (χ4v) is 3.29. The molecule has 5 nitrogen and oxygen atoms in total. The fraction of sp³-hybridized carbons (Fsp3) is 0.500. The van der Waals surface area contributed by atoms with Gasteiger partial charge in [-0.05, 0) is 18.8 Å². The predicted octanol–water partition coefficient (Wildman–Crippen LogP) is 1.42. The van der Waals surface area contributed by atoms with E-state index in [1.54, 1.807) is 0 Å². The molecule has 2 aromatic rings. The number of aliphatic hydroxyl groups excluding tert-OH is 1. The normalized spacial score (nSPS) is 19.8. The molecule has 18 heavy (non-hydrogen) atoms. The second-order valence-electron chi connectivity index (χ2n) is 4.61. The number of carbonyl (C=O) groups is 1. The van der Waals surface area contributed by atoms with Gasteiger partial charge in [0.15, 0.2) is 17.1 Å². The Hall–Kier alpha value is -1.40. The number of anilines is 1. The van der Waals surface area contributed by atoms with Crippen LogP contribution in [0.2, 0.25) is 0 Å². The van der Waals surface area contributed by atoms with Crippen molar-refractivity contribution in [2.75, 3.05) is 24.6 Å². The molecule has 0 aromatic carbocycles. The van der Waals surface area contributed by atoms with Crippen LogP contribution >= 0.6 is 11.3 Å². The Morgan fingerprint density at radius 2 is 2.50 bits per heavy atom. The molecule has 0 saturated carbocycles. The summed E-state index contributed by atoms with van der Waals surface area (Å²) in [5.41, 5.74) is 0.635. The number of carbonyl (C=O) groups excluding carboxylic acids is 1. The second-order valence-corrected chi connectivity index (χ2v) is 5.48. The number of nitrogens with zero attached hydrogens (tertiary/aromatic N) is 3. The second kappa shape index (κ2) is 4.70. The Bertz CT molecular complexity index is 563. The van der Waals surface area contributed by atoms with E-state index in [4.69, 9.17) is 5.11 Å². The van der Waals surface area contributed by atoms with E-state index >= 15 is 0 Å². The molecule has 1 N–H and O–H groups in total. The van der Waals surface area contributed by atoms with Gasteiger partial charge in [0.25, 0.3) is 0 Å². The van der Waals surface area contributed by atoms with Crippen molar-refractivity contribution in [3.63, 3.8) is 0 Å². The standard InChI is InChI=1S/C12H15N3O2S/c16-5-2-9-1-3-14(7-9)11-10(8-17)15-4-6-18-12(15)13-11/h4,6,8-9,16H,1-3,5,7H2. The van der Waals surface area contributed by atoms with Crippen LogP contribution in [0.15, 0.2) is 11.6 Å². The Kier molecular flexibility index (Phi) is 3.05. The van der Waals surface area contributed by atoms with Gasteiger partial charge in [-0.3, -0.25) is 9.20 Å². The third-order valence-corrected chi connectivity index (χ3v) is 4.27. The zero-order valence-corrected chi connectivity index (χ0v) is 10.8. The van der Waals surface area contributed by atoms with Crippen LogP contribution in [0, 0.1) is 5.92 Å². The van der Waals surface area contributed by atoms with Crippen LogP contribution in [0.1, 0.15) is 23.3 Å². The van der Waals surface area contributed by atoms with Crippen LogP contribution < -0.4 is 4.90 Å². The molecule has 0 radical (unpaired) electrons. The molecule has 2 aromatic heterocycles.